The molecule has 0 radical (unpaired) electrons. The van der Waals surface area contributed by atoms with Gasteiger partial charge in [-0.1, -0.05) is 50.1 Å². The van der Waals surface area contributed by atoms with Crippen LogP contribution in [0.5, 0.6) is 5.75 Å². The van der Waals surface area contributed by atoms with Gasteiger partial charge in [0.05, 0.1) is 13.1 Å². The molecule has 0 aromatic heterocycles. The Bertz CT molecular complexity index is 1840. The summed E-state index contributed by atoms with van der Waals surface area (Å²) in [4.78, 5) is 69.5. The Labute approximate surface area is 332 Å². The van der Waals surface area contributed by atoms with Crippen molar-refractivity contribution in [3.63, 3.8) is 0 Å². The van der Waals surface area contributed by atoms with E-state index in [-0.39, 0.29) is 42.1 Å². The van der Waals surface area contributed by atoms with E-state index in [0.29, 0.717) is 49.0 Å². The molecule has 5 amide bonds. The Kier molecular flexibility index (Phi) is 13.3. The summed E-state index contributed by atoms with van der Waals surface area (Å²) < 4.78 is 26.0. The number of allylic oxidation sites excluding steroid dienone is 3. The van der Waals surface area contributed by atoms with E-state index in [9.17, 15) is 28.4 Å². The summed E-state index contributed by atoms with van der Waals surface area (Å²) in [5.41, 5.74) is 7.21. The highest BCUT2D eigenvalue weighted by Gasteiger charge is 2.60. The van der Waals surface area contributed by atoms with Gasteiger partial charge in [0, 0.05) is 28.7 Å². The number of ether oxygens (including phenoxy) is 2. The lowest BCUT2D eigenvalue weighted by molar-refractivity contribution is -0.141. The van der Waals surface area contributed by atoms with Gasteiger partial charge in [-0.05, 0) is 101 Å². The summed E-state index contributed by atoms with van der Waals surface area (Å²) in [5.74, 6) is -2.07. The normalized spacial score (nSPS) is 27.1. The molecule has 56 heavy (non-hydrogen) atoms. The summed E-state index contributed by atoms with van der Waals surface area (Å²) in [6.45, 7) is 9.53. The topological polar surface area (TPSA) is 181 Å². The van der Waals surface area contributed by atoms with Crippen LogP contribution in [0.2, 0.25) is 0 Å². The van der Waals surface area contributed by atoms with Crippen molar-refractivity contribution in [3.05, 3.63) is 76.7 Å². The molecule has 1 saturated heterocycles. The predicted octanol–water partition coefficient (Wildman–Crippen LogP) is 6.43. The van der Waals surface area contributed by atoms with Crippen molar-refractivity contribution in [2.75, 3.05) is 19.6 Å². The molecule has 1 aromatic carbocycles. The largest absolute Gasteiger partial charge is 0.508 e. The molecule has 1 unspecified atom stereocenters. The van der Waals surface area contributed by atoms with Gasteiger partial charge in [-0.2, -0.15) is 0 Å². The summed E-state index contributed by atoms with van der Waals surface area (Å²) in [7, 11) is 0. The SMILES string of the molecule is CCC(C)(C)OC(=O)N[C@H]1CCCCC/C=C\[C@@H]2C[C@@]2(C(N)=O)NC(=O)C2C[C@@H](OC(=O)N3CC4=C(C3)C(F)=CCC=C4)CN2C1=O.Cc1ccc(O)cc1C.[HH].[HH].[HH]. The summed E-state index contributed by atoms with van der Waals surface area (Å²) in [6.07, 6.45) is 11.3. The highest BCUT2D eigenvalue weighted by atomic mass is 19.1. The van der Waals surface area contributed by atoms with Crippen LogP contribution in [0.25, 0.3) is 0 Å². The molecule has 6 rings (SSSR count). The number of amides is 5. The smallest absolute Gasteiger partial charge is 0.410 e. The zero-order chi connectivity index (χ0) is 40.8. The molecule has 1 saturated carbocycles. The molecule has 0 bridgehead atoms. The fraction of sp³-hybridized carbons (Fsp3) is 0.548. The lowest BCUT2D eigenvalue weighted by Gasteiger charge is -2.30. The van der Waals surface area contributed by atoms with E-state index in [1.807, 2.05) is 45.1 Å². The first-order valence-corrected chi connectivity index (χ1v) is 19.6. The minimum Gasteiger partial charge on any atom is -0.508 e. The number of rotatable bonds is 5. The van der Waals surface area contributed by atoms with Crippen LogP contribution < -0.4 is 16.4 Å². The van der Waals surface area contributed by atoms with Crippen molar-refractivity contribution >= 4 is 29.9 Å². The second kappa shape index (κ2) is 17.8. The lowest BCUT2D eigenvalue weighted by atomic mass is 10.0. The van der Waals surface area contributed by atoms with Crippen LogP contribution in [0.3, 0.4) is 0 Å². The Hall–Kier alpha value is -5.14. The average Bonchev–Trinajstić information content (AvgIpc) is 3.49. The van der Waals surface area contributed by atoms with E-state index in [1.165, 1.54) is 21.4 Å². The van der Waals surface area contributed by atoms with Crippen LogP contribution in [0.4, 0.5) is 14.0 Å². The van der Waals surface area contributed by atoms with E-state index in [4.69, 9.17) is 20.3 Å². The van der Waals surface area contributed by atoms with Gasteiger partial charge in [0.1, 0.15) is 40.9 Å². The number of hydrogen-bond donors (Lipinski definition) is 4. The molecule has 5 aliphatic rings. The summed E-state index contributed by atoms with van der Waals surface area (Å²) >= 11 is 0. The summed E-state index contributed by atoms with van der Waals surface area (Å²) in [5, 5.41) is 14.5. The molecule has 3 heterocycles. The first kappa shape index (κ1) is 42.0. The fourth-order valence-electron chi connectivity index (χ4n) is 7.30. The third-order valence-corrected chi connectivity index (χ3v) is 11.3. The number of hydrogen-bond acceptors (Lipinski definition) is 8. The monoisotopic (exact) mass is 783 g/mol. The first-order valence-electron chi connectivity index (χ1n) is 19.6. The Morgan fingerprint density at radius 2 is 1.89 bits per heavy atom. The van der Waals surface area contributed by atoms with Crippen LogP contribution in [-0.2, 0) is 23.9 Å². The first-order chi connectivity index (χ1) is 26.5. The van der Waals surface area contributed by atoms with Gasteiger partial charge in [0.25, 0.3) is 0 Å². The quantitative estimate of drug-likeness (QED) is 0.247. The highest BCUT2D eigenvalue weighted by Crippen LogP contribution is 2.45. The molecule has 310 valence electrons. The number of alkyl carbamates (subject to hydrolysis) is 1. The van der Waals surface area contributed by atoms with Gasteiger partial charge in [-0.3, -0.25) is 19.3 Å². The van der Waals surface area contributed by atoms with Gasteiger partial charge < -0.3 is 35.8 Å². The van der Waals surface area contributed by atoms with E-state index in [0.717, 1.165) is 24.8 Å². The van der Waals surface area contributed by atoms with Crippen molar-refractivity contribution in [1.29, 1.82) is 0 Å². The minimum absolute atomic E-state index is 0. The van der Waals surface area contributed by atoms with Crippen LogP contribution in [-0.4, -0.2) is 93.8 Å². The molecule has 3 aliphatic heterocycles. The number of carbonyl (C=O) groups is 5. The zero-order valence-corrected chi connectivity index (χ0v) is 33.1. The number of nitrogens with two attached hydrogens (primary N) is 1. The maximum atomic E-state index is 14.6. The molecule has 2 aliphatic carbocycles. The fourth-order valence-corrected chi connectivity index (χ4v) is 7.30. The molecule has 5 atom stereocenters. The van der Waals surface area contributed by atoms with Crippen LogP contribution in [0, 0.1) is 19.8 Å². The summed E-state index contributed by atoms with van der Waals surface area (Å²) in [6, 6.07) is 3.26. The van der Waals surface area contributed by atoms with Gasteiger partial charge >= 0.3 is 12.2 Å². The number of aromatic hydroxyl groups is 1. The third kappa shape index (κ3) is 10.2. The number of primary amides is 1. The number of aryl methyl sites for hydroxylation is 2. The van der Waals surface area contributed by atoms with Gasteiger partial charge in [-0.25, -0.2) is 14.0 Å². The van der Waals surface area contributed by atoms with Crippen LogP contribution in [0.15, 0.2) is 65.6 Å². The zero-order valence-electron chi connectivity index (χ0n) is 33.1. The molecular weight excluding hydrogens is 721 g/mol. The van der Waals surface area contributed by atoms with E-state index < -0.39 is 59.2 Å². The van der Waals surface area contributed by atoms with Crippen molar-refractivity contribution in [1.82, 2.24) is 20.4 Å². The molecule has 13 nitrogen and oxygen atoms in total. The molecule has 0 spiro atoms. The molecule has 5 N–H and O–H groups in total. The Morgan fingerprint density at radius 3 is 2.59 bits per heavy atom. The van der Waals surface area contributed by atoms with Gasteiger partial charge in [0.2, 0.25) is 17.7 Å². The van der Waals surface area contributed by atoms with Crippen LogP contribution in [0.1, 0.15) is 94.0 Å². The number of nitrogens with one attached hydrogen (secondary N) is 2. The maximum Gasteiger partial charge on any atom is 0.410 e. The number of carbonyl (C=O) groups excluding carboxylic acids is 5. The number of phenolic OH excluding ortho intramolecular Hbond substituents is 1. The van der Waals surface area contributed by atoms with Crippen molar-refractivity contribution < 1.29 is 47.2 Å². The highest BCUT2D eigenvalue weighted by molar-refractivity contribution is 5.97. The predicted molar refractivity (Wildman–Crippen MR) is 214 cm³/mol. The number of fused-ring (bicyclic) bond motifs is 2. The van der Waals surface area contributed by atoms with Crippen molar-refractivity contribution in [2.24, 2.45) is 11.7 Å². The number of halogens is 1. The molecule has 2 fully saturated rings. The van der Waals surface area contributed by atoms with Gasteiger partial charge in [0.15, 0.2) is 0 Å². The second-order valence-electron chi connectivity index (χ2n) is 16.0. The van der Waals surface area contributed by atoms with Crippen molar-refractivity contribution in [2.45, 2.75) is 122 Å². The third-order valence-electron chi connectivity index (χ3n) is 11.3. The Balaban J connectivity index is 0.000000886. The van der Waals surface area contributed by atoms with Crippen molar-refractivity contribution in [3.8, 4) is 5.75 Å². The molecular formula is C42H62FN5O8. The number of nitrogens with zero attached hydrogens (tertiary/aromatic N) is 2. The van der Waals surface area contributed by atoms with E-state index in [2.05, 4.69) is 10.6 Å². The van der Waals surface area contributed by atoms with E-state index >= 15 is 0 Å². The van der Waals surface area contributed by atoms with E-state index in [1.54, 1.807) is 32.1 Å². The maximum absolute atomic E-state index is 14.6. The number of phenols is 1. The van der Waals surface area contributed by atoms with Gasteiger partial charge in [-0.15, -0.1) is 0 Å². The Morgan fingerprint density at radius 1 is 1.12 bits per heavy atom. The lowest BCUT2D eigenvalue weighted by Crippen LogP contribution is -2.57. The molecule has 1 aromatic rings. The number of benzene rings is 1. The average molecular weight is 784 g/mol. The molecule has 14 heteroatoms. The second-order valence-corrected chi connectivity index (χ2v) is 16.0. The standard InChI is InChI=1S/C34H46FN5O7.C8H10O.3H2/c1-4-33(2,3)47-31(44)37-26-15-9-7-5-6-8-13-22-17-34(22,30(36)43)38-28(41)27-16-23(19-40(27)29(26)42)46-32(45)39-18-21-12-10-11-14-25(35)24(21)20-39;1-6-3-4-8(9)5-7(6)2;;;/h8,10,12-14,22-23,26-27H,4-7,9,11,15-20H2,1-3H3,(H2,36,43)(H,37,44)(H,38,41);3-5,9H,1-2H3;3*1H/b13-8-;;;;/t22-,23-,26+,27?,34-;;;;/m1..../s1. The van der Waals surface area contributed by atoms with Crippen LogP contribution >= 0.6 is 0 Å². The minimum atomic E-state index is -1.27.